The summed E-state index contributed by atoms with van der Waals surface area (Å²) in [6, 6.07) is 15.5. The SMILES string of the molecule is O=C(N[C@@H](Cc1ccccc1)C(=O)N1CC(C(=O)O)C1)c1cc2cc(Cl)ccc2[nH]1.[H-].[Na+]. The Hall–Kier alpha value is -2.32. The number of carboxylic acid groups (broad SMARTS) is 1. The van der Waals surface area contributed by atoms with Crippen molar-refractivity contribution in [1.29, 1.82) is 0 Å². The molecule has 156 valence electrons. The van der Waals surface area contributed by atoms with Crippen molar-refractivity contribution in [3.63, 3.8) is 0 Å². The molecule has 1 aliphatic heterocycles. The van der Waals surface area contributed by atoms with Crippen LogP contribution in [0.15, 0.2) is 54.6 Å². The van der Waals surface area contributed by atoms with Gasteiger partial charge in [0.15, 0.2) is 0 Å². The minimum atomic E-state index is -0.917. The second-order valence-electron chi connectivity index (χ2n) is 7.41. The number of rotatable bonds is 6. The molecule has 31 heavy (non-hydrogen) atoms. The quantitative estimate of drug-likeness (QED) is 0.454. The van der Waals surface area contributed by atoms with Gasteiger partial charge < -0.3 is 21.7 Å². The number of halogens is 1. The van der Waals surface area contributed by atoms with E-state index in [9.17, 15) is 14.4 Å². The Balaban J connectivity index is 0.00000181. The molecule has 1 aliphatic rings. The van der Waals surface area contributed by atoms with Crippen molar-refractivity contribution in [2.45, 2.75) is 12.5 Å². The molecule has 0 radical (unpaired) electrons. The first-order valence-corrected chi connectivity index (χ1v) is 9.93. The van der Waals surface area contributed by atoms with Gasteiger partial charge in [-0.1, -0.05) is 41.9 Å². The van der Waals surface area contributed by atoms with Crippen molar-refractivity contribution in [3.8, 4) is 0 Å². The van der Waals surface area contributed by atoms with Crippen LogP contribution in [0.25, 0.3) is 10.9 Å². The van der Waals surface area contributed by atoms with Crippen LogP contribution in [0, 0.1) is 5.92 Å². The van der Waals surface area contributed by atoms with Crippen LogP contribution in [0.3, 0.4) is 0 Å². The van der Waals surface area contributed by atoms with E-state index in [1.54, 1.807) is 24.3 Å². The van der Waals surface area contributed by atoms with Gasteiger partial charge in [0.2, 0.25) is 5.91 Å². The van der Waals surface area contributed by atoms with Crippen LogP contribution in [-0.4, -0.2) is 51.9 Å². The number of aliphatic carboxylic acids is 1. The number of likely N-dealkylation sites (tertiary alicyclic amines) is 1. The zero-order valence-electron chi connectivity index (χ0n) is 18.0. The molecular formula is C22H21ClN3NaO4. The summed E-state index contributed by atoms with van der Waals surface area (Å²) < 4.78 is 0. The fourth-order valence-corrected chi connectivity index (χ4v) is 3.73. The van der Waals surface area contributed by atoms with Gasteiger partial charge >= 0.3 is 35.5 Å². The van der Waals surface area contributed by atoms with E-state index in [2.05, 4.69) is 10.3 Å². The van der Waals surface area contributed by atoms with Gasteiger partial charge in [-0.25, -0.2) is 0 Å². The van der Waals surface area contributed by atoms with E-state index in [-0.39, 0.29) is 50.0 Å². The smallest absolute Gasteiger partial charge is 1.00 e. The summed E-state index contributed by atoms with van der Waals surface area (Å²) in [5.74, 6) is -2.17. The molecule has 3 aromatic rings. The van der Waals surface area contributed by atoms with Gasteiger partial charge in [-0.15, -0.1) is 0 Å². The predicted molar refractivity (Wildman–Crippen MR) is 114 cm³/mol. The van der Waals surface area contributed by atoms with E-state index < -0.39 is 23.8 Å². The van der Waals surface area contributed by atoms with E-state index >= 15 is 0 Å². The van der Waals surface area contributed by atoms with Crippen LogP contribution in [0.5, 0.6) is 0 Å². The summed E-state index contributed by atoms with van der Waals surface area (Å²) in [4.78, 5) is 41.4. The number of nitrogens with zero attached hydrogens (tertiary/aromatic N) is 1. The first-order valence-electron chi connectivity index (χ1n) is 9.55. The van der Waals surface area contributed by atoms with Gasteiger partial charge in [0.1, 0.15) is 11.7 Å². The number of amides is 2. The van der Waals surface area contributed by atoms with Gasteiger partial charge in [-0.05, 0) is 29.8 Å². The summed E-state index contributed by atoms with van der Waals surface area (Å²) in [5.41, 5.74) is 1.99. The van der Waals surface area contributed by atoms with Gasteiger partial charge in [0.25, 0.3) is 5.91 Å². The minimum Gasteiger partial charge on any atom is -1.00 e. The maximum atomic E-state index is 13.0. The number of carbonyl (C=O) groups is 3. The molecule has 0 unspecified atom stereocenters. The van der Waals surface area contributed by atoms with Gasteiger partial charge in [-0.3, -0.25) is 14.4 Å². The second kappa shape index (κ2) is 9.87. The zero-order valence-corrected chi connectivity index (χ0v) is 19.7. The molecule has 2 heterocycles. The second-order valence-corrected chi connectivity index (χ2v) is 7.85. The van der Waals surface area contributed by atoms with Gasteiger partial charge in [0, 0.05) is 35.4 Å². The number of nitrogens with one attached hydrogen (secondary N) is 2. The zero-order chi connectivity index (χ0) is 21.3. The molecule has 9 heteroatoms. The Kier molecular flexibility index (Phi) is 7.43. The summed E-state index contributed by atoms with van der Waals surface area (Å²) in [6.07, 6.45) is 0.311. The molecule has 2 amide bonds. The first-order chi connectivity index (χ1) is 14.4. The number of carbonyl (C=O) groups excluding carboxylic acids is 2. The van der Waals surface area contributed by atoms with E-state index in [4.69, 9.17) is 16.7 Å². The Morgan fingerprint density at radius 2 is 1.87 bits per heavy atom. The number of aromatic nitrogens is 1. The number of H-pyrrole nitrogens is 1. The first kappa shape index (κ1) is 23.3. The number of hydrogen-bond donors (Lipinski definition) is 3. The van der Waals surface area contributed by atoms with E-state index in [0.717, 1.165) is 16.5 Å². The fourth-order valence-electron chi connectivity index (χ4n) is 3.55. The van der Waals surface area contributed by atoms with Gasteiger partial charge in [-0.2, -0.15) is 0 Å². The third-order valence-corrected chi connectivity index (χ3v) is 5.49. The molecule has 0 spiro atoms. The predicted octanol–water partition coefficient (Wildman–Crippen LogP) is -0.178. The van der Waals surface area contributed by atoms with Crippen molar-refractivity contribution in [2.24, 2.45) is 5.92 Å². The molecule has 1 fully saturated rings. The van der Waals surface area contributed by atoms with E-state index in [0.29, 0.717) is 17.1 Å². The number of hydrogen-bond acceptors (Lipinski definition) is 3. The summed E-state index contributed by atoms with van der Waals surface area (Å²) in [6.45, 7) is 0.306. The van der Waals surface area contributed by atoms with Crippen molar-refractivity contribution in [2.75, 3.05) is 13.1 Å². The molecule has 7 nitrogen and oxygen atoms in total. The van der Waals surface area contributed by atoms with E-state index in [1.165, 1.54) is 4.90 Å². The van der Waals surface area contributed by atoms with Crippen LogP contribution in [0.1, 0.15) is 17.5 Å². The van der Waals surface area contributed by atoms with Crippen LogP contribution in [-0.2, 0) is 16.0 Å². The van der Waals surface area contributed by atoms with Crippen molar-refractivity contribution in [1.82, 2.24) is 15.2 Å². The van der Waals surface area contributed by atoms with Crippen LogP contribution in [0.4, 0.5) is 0 Å². The molecule has 0 bridgehead atoms. The maximum Gasteiger partial charge on any atom is 1.00 e. The molecular weight excluding hydrogens is 429 g/mol. The Labute approximate surface area is 207 Å². The normalized spacial score (nSPS) is 14.4. The monoisotopic (exact) mass is 449 g/mol. The molecule has 0 aliphatic carbocycles. The Morgan fingerprint density at radius 3 is 2.55 bits per heavy atom. The Morgan fingerprint density at radius 1 is 1.16 bits per heavy atom. The van der Waals surface area contributed by atoms with Crippen LogP contribution >= 0.6 is 11.6 Å². The average molecular weight is 450 g/mol. The largest absolute Gasteiger partial charge is 1.00 e. The molecule has 1 aromatic heterocycles. The average Bonchev–Trinajstić information content (AvgIpc) is 3.10. The summed E-state index contributed by atoms with van der Waals surface area (Å²) >= 11 is 6.01. The summed E-state index contributed by atoms with van der Waals surface area (Å²) in [5, 5.41) is 13.2. The number of benzene rings is 2. The molecule has 0 saturated carbocycles. The summed E-state index contributed by atoms with van der Waals surface area (Å²) in [7, 11) is 0. The molecule has 3 N–H and O–H groups in total. The number of carboxylic acids is 1. The maximum absolute atomic E-state index is 13.0. The van der Waals surface area contributed by atoms with Crippen molar-refractivity contribution in [3.05, 3.63) is 70.9 Å². The molecule has 1 atom stereocenters. The van der Waals surface area contributed by atoms with E-state index in [1.807, 2.05) is 30.3 Å². The fraction of sp³-hybridized carbons (Fsp3) is 0.227. The van der Waals surface area contributed by atoms with Crippen LogP contribution in [0.2, 0.25) is 5.02 Å². The molecule has 2 aromatic carbocycles. The number of aromatic amines is 1. The minimum absolute atomic E-state index is 0. The van der Waals surface area contributed by atoms with Crippen molar-refractivity contribution < 1.29 is 50.5 Å². The topological polar surface area (TPSA) is 102 Å². The Bertz CT molecular complexity index is 1120. The third kappa shape index (κ3) is 5.30. The third-order valence-electron chi connectivity index (χ3n) is 5.26. The standard InChI is InChI=1S/C22H20ClN3O4.Na.H/c23-16-6-7-17-14(9-16)10-18(24-17)20(27)25-19(8-13-4-2-1-3-5-13)21(28)26-11-15(12-26)22(29)30;;/h1-7,9-10,15,19,24H,8,11-12H2,(H,25,27)(H,29,30);;/q;+1;-1/t19-;;/m0../s1. The van der Waals surface area contributed by atoms with Gasteiger partial charge in [0.05, 0.1) is 5.92 Å². The molecule has 4 rings (SSSR count). The molecule has 1 saturated heterocycles. The van der Waals surface area contributed by atoms with Crippen LogP contribution < -0.4 is 34.9 Å². The van der Waals surface area contributed by atoms with Crippen molar-refractivity contribution >= 4 is 40.3 Å². The number of fused-ring (bicyclic) bond motifs is 1.